The molecule has 1 aliphatic carbocycles. The van der Waals surface area contributed by atoms with Gasteiger partial charge < -0.3 is 15.0 Å². The van der Waals surface area contributed by atoms with E-state index in [2.05, 4.69) is 15.5 Å². The van der Waals surface area contributed by atoms with Gasteiger partial charge in [0.05, 0.1) is 24.3 Å². The number of unbranched alkanes of at least 4 members (excludes halogenated alkanes) is 1. The lowest BCUT2D eigenvalue weighted by Gasteiger charge is -2.40. The quantitative estimate of drug-likeness (QED) is 0.578. The molecule has 4 rings (SSSR count). The van der Waals surface area contributed by atoms with Gasteiger partial charge in [0.2, 0.25) is 5.91 Å². The summed E-state index contributed by atoms with van der Waals surface area (Å²) in [5, 5.41) is 9.47. The monoisotopic (exact) mass is 438 g/mol. The van der Waals surface area contributed by atoms with Gasteiger partial charge in [-0.1, -0.05) is 19.8 Å². The third-order valence-corrected chi connectivity index (χ3v) is 7.79. The third kappa shape index (κ3) is 3.59. The summed E-state index contributed by atoms with van der Waals surface area (Å²) < 4.78 is 28.3. The van der Waals surface area contributed by atoms with Gasteiger partial charge in [-0.15, -0.1) is 0 Å². The molecule has 1 aromatic rings. The Morgan fingerprint density at radius 2 is 2.07 bits per heavy atom. The Labute approximate surface area is 174 Å². The van der Waals surface area contributed by atoms with Gasteiger partial charge in [-0.25, -0.2) is 13.2 Å². The number of hydrogen-bond acceptors (Lipinski definition) is 7. The molecule has 3 aliphatic rings. The van der Waals surface area contributed by atoms with Gasteiger partial charge in [-0.05, 0) is 12.8 Å². The van der Waals surface area contributed by atoms with Crippen molar-refractivity contribution in [3.8, 4) is 0 Å². The molecule has 2 fully saturated rings. The number of likely N-dealkylation sites (tertiary alicyclic amines) is 1. The summed E-state index contributed by atoms with van der Waals surface area (Å²) in [6.07, 6.45) is 2.91. The Morgan fingerprint density at radius 3 is 2.73 bits per heavy atom. The zero-order valence-corrected chi connectivity index (χ0v) is 17.9. The lowest BCUT2D eigenvalue weighted by atomic mass is 9.92. The van der Waals surface area contributed by atoms with Crippen molar-refractivity contribution in [2.75, 3.05) is 20.2 Å². The van der Waals surface area contributed by atoms with Crippen LogP contribution in [0, 0.1) is 11.3 Å². The zero-order chi connectivity index (χ0) is 21.7. The number of carbonyl (C=O) groups excluding carboxylic acids is 3. The molecule has 2 N–H and O–H groups in total. The topological polar surface area (TPSA) is 139 Å². The highest BCUT2D eigenvalue weighted by Crippen LogP contribution is 2.59. The number of ether oxygens (including phenoxy) is 1. The van der Waals surface area contributed by atoms with Crippen LogP contribution in [0.2, 0.25) is 0 Å². The number of amides is 2. The molecule has 2 atom stereocenters. The predicted octanol–water partition coefficient (Wildman–Crippen LogP) is 0.148. The number of hydrogen-bond donors (Lipinski definition) is 2. The number of aromatic amines is 1. The van der Waals surface area contributed by atoms with Crippen LogP contribution in [0.4, 0.5) is 0 Å². The van der Waals surface area contributed by atoms with Gasteiger partial charge in [0.1, 0.15) is 6.04 Å². The average molecular weight is 439 g/mol. The van der Waals surface area contributed by atoms with Crippen molar-refractivity contribution in [3.05, 3.63) is 17.0 Å². The molecule has 2 amide bonds. The van der Waals surface area contributed by atoms with Crippen LogP contribution in [0.25, 0.3) is 0 Å². The lowest BCUT2D eigenvalue weighted by molar-refractivity contribution is -0.145. The predicted molar refractivity (Wildman–Crippen MR) is 105 cm³/mol. The molecule has 2 aliphatic heterocycles. The van der Waals surface area contributed by atoms with E-state index in [1.807, 2.05) is 6.92 Å². The highest BCUT2D eigenvalue weighted by atomic mass is 32.2. The first-order valence-corrected chi connectivity index (χ1v) is 12.0. The van der Waals surface area contributed by atoms with Crippen LogP contribution in [-0.4, -0.2) is 67.5 Å². The van der Waals surface area contributed by atoms with Crippen LogP contribution < -0.4 is 5.32 Å². The molecule has 0 radical (unpaired) electrons. The molecular formula is C19H26N4O6S. The number of fused-ring (bicyclic) bond motifs is 1. The Morgan fingerprint density at radius 1 is 1.33 bits per heavy atom. The maximum absolute atomic E-state index is 12.8. The zero-order valence-electron chi connectivity index (χ0n) is 17.1. The summed E-state index contributed by atoms with van der Waals surface area (Å²) in [5.74, 6) is -1.46. The third-order valence-electron chi connectivity index (χ3n) is 6.34. The number of nitrogens with zero attached hydrogens (tertiary/aromatic N) is 2. The number of H-pyrrole nitrogens is 1. The number of sulfone groups is 1. The summed E-state index contributed by atoms with van der Waals surface area (Å²) in [6, 6.07) is -0.647. The largest absolute Gasteiger partial charge is 0.467 e. The molecule has 1 saturated carbocycles. The second-order valence-corrected chi connectivity index (χ2v) is 10.6. The van der Waals surface area contributed by atoms with Crippen LogP contribution in [-0.2, 0) is 35.7 Å². The minimum atomic E-state index is -3.22. The van der Waals surface area contributed by atoms with Crippen LogP contribution in [0.3, 0.4) is 0 Å². The maximum atomic E-state index is 12.8. The number of nitrogens with one attached hydrogen (secondary N) is 2. The second-order valence-electron chi connectivity index (χ2n) is 8.57. The molecule has 10 nitrogen and oxygen atoms in total. The number of rotatable bonds is 7. The van der Waals surface area contributed by atoms with Gasteiger partial charge in [-0.3, -0.25) is 14.7 Å². The minimum Gasteiger partial charge on any atom is -0.467 e. The Kier molecular flexibility index (Phi) is 5.11. The van der Waals surface area contributed by atoms with Gasteiger partial charge in [0.15, 0.2) is 15.5 Å². The fourth-order valence-electron chi connectivity index (χ4n) is 4.49. The molecular weight excluding hydrogens is 412 g/mol. The maximum Gasteiger partial charge on any atom is 0.328 e. The SMILES string of the molecule is CCCCC(NC(=O)C1CC12CN(C(=O)c1n[nH]c3c1CS(=O)(=O)C3)C2)C(=O)OC. The van der Waals surface area contributed by atoms with Crippen LogP contribution in [0.15, 0.2) is 0 Å². The van der Waals surface area contributed by atoms with E-state index in [1.165, 1.54) is 7.11 Å². The minimum absolute atomic E-state index is 0.117. The van der Waals surface area contributed by atoms with Crippen LogP contribution in [0.1, 0.15) is 54.4 Å². The molecule has 1 spiro atoms. The van der Waals surface area contributed by atoms with Crippen molar-refractivity contribution in [1.82, 2.24) is 20.4 Å². The van der Waals surface area contributed by atoms with E-state index in [-0.39, 0.29) is 40.3 Å². The van der Waals surface area contributed by atoms with Crippen LogP contribution >= 0.6 is 0 Å². The number of esters is 1. The fourth-order valence-corrected chi connectivity index (χ4v) is 6.02. The van der Waals surface area contributed by atoms with E-state index in [9.17, 15) is 22.8 Å². The van der Waals surface area contributed by atoms with E-state index >= 15 is 0 Å². The first kappa shape index (κ1) is 20.8. The van der Waals surface area contributed by atoms with Crippen molar-refractivity contribution in [1.29, 1.82) is 0 Å². The molecule has 1 aromatic heterocycles. The molecule has 0 bridgehead atoms. The molecule has 30 heavy (non-hydrogen) atoms. The molecule has 3 heterocycles. The fraction of sp³-hybridized carbons (Fsp3) is 0.684. The molecule has 164 valence electrons. The first-order chi connectivity index (χ1) is 14.2. The highest BCUT2D eigenvalue weighted by molar-refractivity contribution is 7.90. The van der Waals surface area contributed by atoms with Gasteiger partial charge in [0.25, 0.3) is 5.91 Å². The van der Waals surface area contributed by atoms with Crippen molar-refractivity contribution in [3.63, 3.8) is 0 Å². The van der Waals surface area contributed by atoms with Gasteiger partial charge >= 0.3 is 5.97 Å². The first-order valence-electron chi connectivity index (χ1n) is 10.1. The number of methoxy groups -OCH3 is 1. The standard InChI is InChI=1S/C19H26N4O6S/c1-3-4-5-13(18(26)29-2)20-16(24)12-6-19(12)9-23(10-19)17(25)15-11-7-30(27,28)8-14(11)21-22-15/h12-13H,3-10H2,1-2H3,(H,20,24)(H,21,22). The second kappa shape index (κ2) is 7.36. The Bertz CT molecular complexity index is 995. The van der Waals surface area contributed by atoms with E-state index in [0.717, 1.165) is 12.8 Å². The molecule has 2 unspecified atom stereocenters. The molecule has 11 heteroatoms. The van der Waals surface area contributed by atoms with Gasteiger partial charge in [0, 0.05) is 30.0 Å². The van der Waals surface area contributed by atoms with E-state index in [4.69, 9.17) is 4.74 Å². The van der Waals surface area contributed by atoms with E-state index in [1.54, 1.807) is 4.90 Å². The smallest absolute Gasteiger partial charge is 0.328 e. The van der Waals surface area contributed by atoms with Crippen molar-refractivity contribution in [2.45, 2.75) is 50.2 Å². The summed E-state index contributed by atoms with van der Waals surface area (Å²) in [4.78, 5) is 38.9. The lowest BCUT2D eigenvalue weighted by Crippen LogP contribution is -2.54. The number of carbonyl (C=O) groups is 3. The molecule has 0 aromatic carbocycles. The van der Waals surface area contributed by atoms with Crippen molar-refractivity contribution >= 4 is 27.6 Å². The summed E-state index contributed by atoms with van der Waals surface area (Å²) in [5.41, 5.74) is 0.852. The Balaban J connectivity index is 1.33. The van der Waals surface area contributed by atoms with Crippen LogP contribution in [0.5, 0.6) is 0 Å². The summed E-state index contributed by atoms with van der Waals surface area (Å²) >= 11 is 0. The summed E-state index contributed by atoms with van der Waals surface area (Å²) in [7, 11) is -1.92. The Hall–Kier alpha value is -2.43. The van der Waals surface area contributed by atoms with Gasteiger partial charge in [-0.2, -0.15) is 5.10 Å². The van der Waals surface area contributed by atoms with E-state index in [0.29, 0.717) is 37.2 Å². The van der Waals surface area contributed by atoms with Crippen molar-refractivity contribution in [2.24, 2.45) is 11.3 Å². The van der Waals surface area contributed by atoms with E-state index < -0.39 is 21.8 Å². The number of aromatic nitrogens is 2. The molecule has 1 saturated heterocycles. The normalized spacial score (nSPS) is 23.4. The summed E-state index contributed by atoms with van der Waals surface area (Å²) in [6.45, 7) is 2.86. The average Bonchev–Trinajstić information content (AvgIpc) is 3.22. The highest BCUT2D eigenvalue weighted by Gasteiger charge is 2.65. The van der Waals surface area contributed by atoms with Crippen molar-refractivity contribution < 1.29 is 27.5 Å².